The lowest BCUT2D eigenvalue weighted by Crippen LogP contribution is -1.96. The Morgan fingerprint density at radius 3 is 2.63 bits per heavy atom. The van der Waals surface area contributed by atoms with Crippen LogP contribution in [0.4, 0.5) is 4.39 Å². The Bertz CT molecular complexity index is 680. The number of nitrogens with zero attached hydrogens (tertiary/aromatic N) is 2. The van der Waals surface area contributed by atoms with Crippen molar-refractivity contribution in [2.24, 2.45) is 0 Å². The third-order valence-electron chi connectivity index (χ3n) is 2.52. The van der Waals surface area contributed by atoms with E-state index >= 15 is 0 Å². The Hall–Kier alpha value is -1.93. The molecule has 0 fully saturated rings. The molecule has 0 saturated carbocycles. The topological polar surface area (TPSA) is 45.9 Å². The Morgan fingerprint density at radius 1 is 1.26 bits per heavy atom. The van der Waals surface area contributed by atoms with Crippen LogP contribution in [0, 0.1) is 31.0 Å². The Kier molecular flexibility index (Phi) is 3.82. The summed E-state index contributed by atoms with van der Waals surface area (Å²) < 4.78 is 19.2. The van der Waals surface area contributed by atoms with Crippen LogP contribution in [-0.4, -0.2) is 4.98 Å². The summed E-state index contributed by atoms with van der Waals surface area (Å²) in [5, 5.41) is 9.14. The molecule has 0 aliphatic heterocycles. The lowest BCUT2D eigenvalue weighted by atomic mass is 10.2. The Balaban J connectivity index is 2.46. The third-order valence-corrected chi connectivity index (χ3v) is 3.14. The summed E-state index contributed by atoms with van der Waals surface area (Å²) in [6.45, 7) is 3.57. The van der Waals surface area contributed by atoms with Crippen LogP contribution in [0.2, 0.25) is 0 Å². The minimum absolute atomic E-state index is 0.359. The number of aryl methyl sites for hydroxylation is 2. The summed E-state index contributed by atoms with van der Waals surface area (Å²) in [4.78, 5) is 4.21. The predicted octanol–water partition coefficient (Wildman–Crippen LogP) is 4.26. The monoisotopic (exact) mass is 320 g/mol. The first-order chi connectivity index (χ1) is 9.01. The van der Waals surface area contributed by atoms with Gasteiger partial charge >= 0.3 is 0 Å². The molecule has 2 rings (SSSR count). The van der Waals surface area contributed by atoms with Gasteiger partial charge in [0.25, 0.3) is 0 Å². The van der Waals surface area contributed by atoms with Gasteiger partial charge in [0.15, 0.2) is 0 Å². The smallest absolute Gasteiger partial charge is 0.148 e. The molecule has 19 heavy (non-hydrogen) atoms. The summed E-state index contributed by atoms with van der Waals surface area (Å²) in [5.41, 5.74) is 1.74. The molecule has 0 bridgehead atoms. The number of pyridine rings is 1. The minimum Gasteiger partial charge on any atom is -0.455 e. The molecule has 1 heterocycles. The first kappa shape index (κ1) is 13.5. The maximum absolute atomic E-state index is 13.0. The summed E-state index contributed by atoms with van der Waals surface area (Å²) in [6.07, 6.45) is 0. The van der Waals surface area contributed by atoms with Crippen molar-refractivity contribution in [2.75, 3.05) is 0 Å². The molecule has 0 unspecified atom stereocenters. The molecule has 96 valence electrons. The van der Waals surface area contributed by atoms with Crippen molar-refractivity contribution < 1.29 is 9.13 Å². The molecule has 5 heteroatoms. The van der Waals surface area contributed by atoms with Crippen molar-refractivity contribution in [3.8, 4) is 17.6 Å². The molecule has 0 N–H and O–H groups in total. The van der Waals surface area contributed by atoms with Crippen molar-refractivity contribution in [3.63, 3.8) is 0 Å². The fourth-order valence-electron chi connectivity index (χ4n) is 1.69. The van der Waals surface area contributed by atoms with Crippen LogP contribution in [0.3, 0.4) is 0 Å². The van der Waals surface area contributed by atoms with Crippen molar-refractivity contribution in [1.82, 2.24) is 4.98 Å². The molecule has 2 aromatic rings. The van der Waals surface area contributed by atoms with Crippen LogP contribution < -0.4 is 4.74 Å². The van der Waals surface area contributed by atoms with Gasteiger partial charge in [-0.1, -0.05) is 0 Å². The van der Waals surface area contributed by atoms with E-state index in [1.165, 1.54) is 18.2 Å². The summed E-state index contributed by atoms with van der Waals surface area (Å²) in [7, 11) is 0. The molecule has 0 amide bonds. The maximum Gasteiger partial charge on any atom is 0.148 e. The van der Waals surface area contributed by atoms with Gasteiger partial charge in [0, 0.05) is 11.8 Å². The van der Waals surface area contributed by atoms with Gasteiger partial charge in [-0.3, -0.25) is 4.98 Å². The lowest BCUT2D eigenvalue weighted by Gasteiger charge is -2.11. The van der Waals surface area contributed by atoms with Gasteiger partial charge in [0.05, 0.1) is 10.2 Å². The fourth-order valence-corrected chi connectivity index (χ4v) is 2.12. The quantitative estimate of drug-likeness (QED) is 0.830. The lowest BCUT2D eigenvalue weighted by molar-refractivity contribution is 0.474. The number of halogens is 2. The van der Waals surface area contributed by atoms with E-state index in [-0.39, 0.29) is 5.82 Å². The molecule has 1 aromatic heterocycles. The Morgan fingerprint density at radius 2 is 2.00 bits per heavy atom. The molecule has 0 radical (unpaired) electrons. The molecule has 0 aliphatic carbocycles. The number of ether oxygens (including phenoxy) is 1. The normalized spacial score (nSPS) is 10.1. The van der Waals surface area contributed by atoms with E-state index in [4.69, 9.17) is 10.00 Å². The largest absolute Gasteiger partial charge is 0.455 e. The summed E-state index contributed by atoms with van der Waals surface area (Å²) in [5.74, 6) is 0.504. The number of benzene rings is 1. The van der Waals surface area contributed by atoms with Crippen molar-refractivity contribution in [2.45, 2.75) is 13.8 Å². The molecule has 1 aromatic carbocycles. The number of rotatable bonds is 2. The van der Waals surface area contributed by atoms with Gasteiger partial charge in [-0.25, -0.2) is 4.39 Å². The summed E-state index contributed by atoms with van der Waals surface area (Å²) >= 11 is 3.22. The number of hydrogen-bond donors (Lipinski definition) is 0. The van der Waals surface area contributed by atoms with Crippen LogP contribution in [-0.2, 0) is 0 Å². The molecule has 0 spiro atoms. The second-order valence-electron chi connectivity index (χ2n) is 4.01. The van der Waals surface area contributed by atoms with E-state index in [0.717, 1.165) is 5.69 Å². The zero-order chi connectivity index (χ0) is 14.0. The van der Waals surface area contributed by atoms with E-state index in [1.54, 1.807) is 13.0 Å². The van der Waals surface area contributed by atoms with Gasteiger partial charge in [0.2, 0.25) is 0 Å². The van der Waals surface area contributed by atoms with Gasteiger partial charge in [-0.2, -0.15) is 5.26 Å². The first-order valence-corrected chi connectivity index (χ1v) is 6.32. The van der Waals surface area contributed by atoms with Gasteiger partial charge < -0.3 is 4.74 Å². The maximum atomic E-state index is 13.0. The highest BCUT2D eigenvalue weighted by Crippen LogP contribution is 2.32. The van der Waals surface area contributed by atoms with E-state index in [1.807, 2.05) is 6.92 Å². The third kappa shape index (κ3) is 2.91. The zero-order valence-electron chi connectivity index (χ0n) is 10.4. The van der Waals surface area contributed by atoms with E-state index in [0.29, 0.717) is 27.2 Å². The van der Waals surface area contributed by atoms with Crippen LogP contribution in [0.25, 0.3) is 0 Å². The van der Waals surface area contributed by atoms with E-state index < -0.39 is 0 Å². The standard InChI is InChI=1S/C14H10BrFN2O/c1-8-5-14(11(7-17)9(2)18-8)19-13-4-3-10(16)6-12(13)15/h3-6H,1-2H3. The first-order valence-electron chi connectivity index (χ1n) is 5.52. The number of hydrogen-bond acceptors (Lipinski definition) is 3. The molecule has 0 aliphatic rings. The SMILES string of the molecule is Cc1cc(Oc2ccc(F)cc2Br)c(C#N)c(C)n1. The van der Waals surface area contributed by atoms with Crippen LogP contribution in [0.1, 0.15) is 17.0 Å². The van der Waals surface area contributed by atoms with Crippen molar-refractivity contribution >= 4 is 15.9 Å². The van der Waals surface area contributed by atoms with Gasteiger partial charge in [-0.15, -0.1) is 0 Å². The highest BCUT2D eigenvalue weighted by Gasteiger charge is 2.12. The molecule has 0 saturated heterocycles. The van der Waals surface area contributed by atoms with Crippen molar-refractivity contribution in [3.05, 3.63) is 51.5 Å². The minimum atomic E-state index is -0.359. The van der Waals surface area contributed by atoms with Gasteiger partial charge in [0.1, 0.15) is 28.9 Å². The number of aromatic nitrogens is 1. The van der Waals surface area contributed by atoms with E-state index in [2.05, 4.69) is 27.0 Å². The zero-order valence-corrected chi connectivity index (χ0v) is 12.0. The number of nitriles is 1. The second kappa shape index (κ2) is 5.37. The van der Waals surface area contributed by atoms with Crippen molar-refractivity contribution in [1.29, 1.82) is 5.26 Å². The highest BCUT2D eigenvalue weighted by molar-refractivity contribution is 9.10. The summed E-state index contributed by atoms with van der Waals surface area (Å²) in [6, 6.07) is 7.86. The molecule has 0 atom stereocenters. The van der Waals surface area contributed by atoms with Crippen LogP contribution in [0.5, 0.6) is 11.5 Å². The fraction of sp³-hybridized carbons (Fsp3) is 0.143. The average Bonchev–Trinajstić information content (AvgIpc) is 2.32. The molecule has 3 nitrogen and oxygen atoms in total. The highest BCUT2D eigenvalue weighted by atomic mass is 79.9. The Labute approximate surface area is 118 Å². The van der Waals surface area contributed by atoms with Crippen LogP contribution >= 0.6 is 15.9 Å². The second-order valence-corrected chi connectivity index (χ2v) is 4.87. The van der Waals surface area contributed by atoms with Gasteiger partial charge in [-0.05, 0) is 48.0 Å². The molecular formula is C14H10BrFN2O. The van der Waals surface area contributed by atoms with Crippen LogP contribution in [0.15, 0.2) is 28.7 Å². The molecular weight excluding hydrogens is 311 g/mol. The average molecular weight is 321 g/mol. The van der Waals surface area contributed by atoms with E-state index in [9.17, 15) is 4.39 Å². The predicted molar refractivity (Wildman–Crippen MR) is 72.6 cm³/mol.